The Kier molecular flexibility index (Phi) is 4.21. The Labute approximate surface area is 117 Å². The van der Waals surface area contributed by atoms with E-state index in [1.54, 1.807) is 0 Å². The highest BCUT2D eigenvalue weighted by Gasteiger charge is 2.24. The van der Waals surface area contributed by atoms with Crippen molar-refractivity contribution in [3.8, 4) is 0 Å². The molecule has 0 heterocycles. The lowest BCUT2D eigenvalue weighted by Gasteiger charge is -2.05. The van der Waals surface area contributed by atoms with Crippen LogP contribution in [-0.2, 0) is 15.6 Å². The van der Waals surface area contributed by atoms with Gasteiger partial charge in [0, 0.05) is 10.9 Å². The normalized spacial score (nSPS) is 15.8. The molecule has 7 heteroatoms. The van der Waals surface area contributed by atoms with E-state index in [-0.39, 0.29) is 33.2 Å². The summed E-state index contributed by atoms with van der Waals surface area (Å²) in [4.78, 5) is 22.7. The predicted octanol–water partition coefficient (Wildman–Crippen LogP) is 1.42. The lowest BCUT2D eigenvalue weighted by atomic mass is 10.2. The summed E-state index contributed by atoms with van der Waals surface area (Å²) >= 11 is 5.72. The van der Waals surface area contributed by atoms with Crippen LogP contribution in [0.4, 0.5) is 0 Å². The van der Waals surface area contributed by atoms with Gasteiger partial charge in [0.05, 0.1) is 21.4 Å². The van der Waals surface area contributed by atoms with Crippen LogP contribution in [0.15, 0.2) is 23.1 Å². The molecule has 102 valence electrons. The monoisotopic (exact) mass is 301 g/mol. The summed E-state index contributed by atoms with van der Waals surface area (Å²) in [6.45, 7) is 0. The third-order valence-electron chi connectivity index (χ3n) is 2.64. The number of benzene rings is 1. The second-order valence-electron chi connectivity index (χ2n) is 4.28. The molecule has 2 rings (SSSR count). The van der Waals surface area contributed by atoms with Crippen molar-refractivity contribution >= 4 is 34.3 Å². The van der Waals surface area contributed by atoms with E-state index in [1.165, 1.54) is 18.2 Å². The number of hydrogen-bond donors (Lipinski definition) is 2. The predicted molar refractivity (Wildman–Crippen MR) is 70.9 cm³/mol. The SMILES string of the molecule is O=C(CS(=O)c1ccc(Cl)c(C(=O)O)c1)NC1CC1. The molecule has 0 radical (unpaired) electrons. The second-order valence-corrected chi connectivity index (χ2v) is 6.14. The molecule has 1 aromatic rings. The highest BCUT2D eigenvalue weighted by molar-refractivity contribution is 7.85. The summed E-state index contributed by atoms with van der Waals surface area (Å²) in [5.41, 5.74) is -0.116. The van der Waals surface area contributed by atoms with Gasteiger partial charge in [0.25, 0.3) is 0 Å². The molecule has 1 aromatic carbocycles. The fraction of sp³-hybridized carbons (Fsp3) is 0.333. The molecule has 0 saturated heterocycles. The average molecular weight is 302 g/mol. The molecule has 1 aliphatic carbocycles. The Bertz CT molecular complexity index is 557. The van der Waals surface area contributed by atoms with Crippen LogP contribution in [0.25, 0.3) is 0 Å². The van der Waals surface area contributed by atoms with Crippen molar-refractivity contribution in [2.75, 3.05) is 5.75 Å². The van der Waals surface area contributed by atoms with Gasteiger partial charge in [0.15, 0.2) is 0 Å². The number of nitrogens with one attached hydrogen (secondary N) is 1. The number of hydrogen-bond acceptors (Lipinski definition) is 3. The van der Waals surface area contributed by atoms with Crippen molar-refractivity contribution in [3.63, 3.8) is 0 Å². The summed E-state index contributed by atoms with van der Waals surface area (Å²) in [6.07, 6.45) is 1.92. The van der Waals surface area contributed by atoms with Crippen LogP contribution in [0.5, 0.6) is 0 Å². The summed E-state index contributed by atoms with van der Waals surface area (Å²) < 4.78 is 12.0. The van der Waals surface area contributed by atoms with Gasteiger partial charge in [-0.15, -0.1) is 0 Å². The Hall–Kier alpha value is -1.40. The van der Waals surface area contributed by atoms with E-state index >= 15 is 0 Å². The van der Waals surface area contributed by atoms with Crippen molar-refractivity contribution in [2.45, 2.75) is 23.8 Å². The molecule has 0 bridgehead atoms. The Balaban J connectivity index is 2.07. The maximum absolute atomic E-state index is 12.0. The smallest absolute Gasteiger partial charge is 0.337 e. The number of amides is 1. The van der Waals surface area contributed by atoms with E-state index in [2.05, 4.69) is 5.32 Å². The van der Waals surface area contributed by atoms with Gasteiger partial charge in [-0.1, -0.05) is 11.6 Å². The van der Waals surface area contributed by atoms with Gasteiger partial charge in [-0.2, -0.15) is 0 Å². The van der Waals surface area contributed by atoms with Crippen molar-refractivity contribution in [3.05, 3.63) is 28.8 Å². The van der Waals surface area contributed by atoms with Crippen molar-refractivity contribution < 1.29 is 18.9 Å². The molecule has 19 heavy (non-hydrogen) atoms. The zero-order valence-electron chi connectivity index (χ0n) is 9.89. The number of carbonyl (C=O) groups excluding carboxylic acids is 1. The number of aromatic carboxylic acids is 1. The minimum atomic E-state index is -1.57. The van der Waals surface area contributed by atoms with Crippen LogP contribution in [0.3, 0.4) is 0 Å². The van der Waals surface area contributed by atoms with E-state index < -0.39 is 16.8 Å². The Morgan fingerprint density at radius 3 is 2.68 bits per heavy atom. The molecule has 1 atom stereocenters. The summed E-state index contributed by atoms with van der Waals surface area (Å²) in [5.74, 6) is -1.64. The first-order valence-electron chi connectivity index (χ1n) is 5.68. The molecule has 1 aliphatic rings. The molecular weight excluding hydrogens is 290 g/mol. The Morgan fingerprint density at radius 2 is 2.11 bits per heavy atom. The van der Waals surface area contributed by atoms with Gasteiger partial charge < -0.3 is 10.4 Å². The maximum atomic E-state index is 12.0. The minimum absolute atomic E-state index is 0.0793. The van der Waals surface area contributed by atoms with Gasteiger partial charge in [0.2, 0.25) is 5.91 Å². The van der Waals surface area contributed by atoms with E-state index in [0.29, 0.717) is 0 Å². The quantitative estimate of drug-likeness (QED) is 0.861. The average Bonchev–Trinajstić information content (AvgIpc) is 3.12. The number of carbonyl (C=O) groups is 2. The topological polar surface area (TPSA) is 83.5 Å². The number of carboxylic acids is 1. The van der Waals surface area contributed by atoms with Crippen LogP contribution < -0.4 is 5.32 Å². The highest BCUT2D eigenvalue weighted by atomic mass is 35.5. The lowest BCUT2D eigenvalue weighted by molar-refractivity contribution is -0.118. The zero-order valence-corrected chi connectivity index (χ0v) is 11.5. The van der Waals surface area contributed by atoms with Crippen LogP contribution in [0, 0.1) is 0 Å². The molecule has 1 unspecified atom stereocenters. The van der Waals surface area contributed by atoms with Crippen molar-refractivity contribution in [1.29, 1.82) is 0 Å². The first-order valence-corrected chi connectivity index (χ1v) is 7.37. The van der Waals surface area contributed by atoms with E-state index in [4.69, 9.17) is 16.7 Å². The standard InChI is InChI=1S/C12H12ClNO4S/c13-10-4-3-8(5-9(10)12(16)17)19(18)6-11(15)14-7-1-2-7/h3-5,7H,1-2,6H2,(H,14,15)(H,16,17). The molecule has 1 amide bonds. The lowest BCUT2D eigenvalue weighted by Crippen LogP contribution is -2.30. The third kappa shape index (κ3) is 3.78. The van der Waals surface area contributed by atoms with E-state index in [9.17, 15) is 13.8 Å². The second kappa shape index (κ2) is 5.71. The van der Waals surface area contributed by atoms with Gasteiger partial charge in [-0.3, -0.25) is 9.00 Å². The van der Waals surface area contributed by atoms with Crippen LogP contribution >= 0.6 is 11.6 Å². The fourth-order valence-corrected chi connectivity index (χ4v) is 2.66. The minimum Gasteiger partial charge on any atom is -0.478 e. The molecule has 0 spiro atoms. The van der Waals surface area contributed by atoms with Gasteiger partial charge >= 0.3 is 5.97 Å². The van der Waals surface area contributed by atoms with Crippen molar-refractivity contribution in [1.82, 2.24) is 5.32 Å². The zero-order chi connectivity index (χ0) is 14.0. The summed E-state index contributed by atoms with van der Waals surface area (Å²) in [7, 11) is -1.57. The van der Waals surface area contributed by atoms with Gasteiger partial charge in [0.1, 0.15) is 5.75 Å². The van der Waals surface area contributed by atoms with E-state index in [0.717, 1.165) is 12.8 Å². The van der Waals surface area contributed by atoms with Crippen LogP contribution in [-0.4, -0.2) is 33.0 Å². The molecule has 5 nitrogen and oxygen atoms in total. The highest BCUT2D eigenvalue weighted by Crippen LogP contribution is 2.21. The first kappa shape index (κ1) is 14.0. The van der Waals surface area contributed by atoms with Crippen LogP contribution in [0.2, 0.25) is 5.02 Å². The number of rotatable bonds is 5. The number of halogens is 1. The largest absolute Gasteiger partial charge is 0.478 e. The molecular formula is C12H12ClNO4S. The van der Waals surface area contributed by atoms with Crippen LogP contribution in [0.1, 0.15) is 23.2 Å². The molecule has 0 aliphatic heterocycles. The Morgan fingerprint density at radius 1 is 1.42 bits per heavy atom. The van der Waals surface area contributed by atoms with E-state index in [1.807, 2.05) is 0 Å². The van der Waals surface area contributed by atoms with Gasteiger partial charge in [-0.25, -0.2) is 4.79 Å². The summed E-state index contributed by atoms with van der Waals surface area (Å²) in [6, 6.07) is 4.29. The fourth-order valence-electron chi connectivity index (χ4n) is 1.51. The molecule has 0 aromatic heterocycles. The molecule has 2 N–H and O–H groups in total. The summed E-state index contributed by atoms with van der Waals surface area (Å²) in [5, 5.41) is 11.7. The van der Waals surface area contributed by atoms with Crippen molar-refractivity contribution in [2.24, 2.45) is 0 Å². The van der Waals surface area contributed by atoms with Gasteiger partial charge in [-0.05, 0) is 31.0 Å². The maximum Gasteiger partial charge on any atom is 0.337 e. The molecule has 1 saturated carbocycles. The first-order chi connectivity index (χ1) is 8.97. The molecule has 1 fully saturated rings. The third-order valence-corrected chi connectivity index (χ3v) is 4.27. The number of carboxylic acid groups (broad SMARTS) is 1.